The van der Waals surface area contributed by atoms with Crippen LogP contribution in [-0.2, 0) is 9.59 Å². The Morgan fingerprint density at radius 3 is 2.69 bits per heavy atom. The quantitative estimate of drug-likeness (QED) is 0.598. The van der Waals surface area contributed by atoms with E-state index in [-0.39, 0.29) is 30.2 Å². The van der Waals surface area contributed by atoms with Crippen LogP contribution >= 0.6 is 0 Å². The van der Waals surface area contributed by atoms with Crippen molar-refractivity contribution in [1.29, 1.82) is 0 Å². The lowest BCUT2D eigenvalue weighted by Gasteiger charge is -2.17. The molecule has 0 radical (unpaired) electrons. The molecule has 1 fully saturated rings. The fourth-order valence-corrected chi connectivity index (χ4v) is 2.22. The number of hydrogen-bond donors (Lipinski definition) is 3. The molecule has 0 aromatic carbocycles. The fraction of sp³-hybridized carbons (Fsp3) is 0.818. The van der Waals surface area contributed by atoms with E-state index in [9.17, 15) is 9.59 Å². The Morgan fingerprint density at radius 2 is 2.06 bits per heavy atom. The Balaban J connectivity index is 2.31. The Bertz CT molecular complexity index is 256. The lowest BCUT2D eigenvalue weighted by Crippen LogP contribution is -2.41. The van der Waals surface area contributed by atoms with Crippen LogP contribution in [0, 0.1) is 11.8 Å². The van der Waals surface area contributed by atoms with Crippen LogP contribution in [0.5, 0.6) is 0 Å². The molecule has 5 heteroatoms. The van der Waals surface area contributed by atoms with Crippen molar-refractivity contribution in [3.63, 3.8) is 0 Å². The largest absolute Gasteiger partial charge is 0.355 e. The molecule has 5 nitrogen and oxygen atoms in total. The molecular formula is C11H21N3O2. The van der Waals surface area contributed by atoms with Crippen LogP contribution in [0.2, 0.25) is 0 Å². The standard InChI is InChI=1S/C11H21N3O2/c1-2-13-10(15)7-14-11(16)9-5-3-4-8(9)6-12/h8-9H,2-7,12H2,1H3,(H,13,15)(H,14,16). The minimum Gasteiger partial charge on any atom is -0.355 e. The van der Waals surface area contributed by atoms with E-state index < -0.39 is 0 Å². The molecule has 16 heavy (non-hydrogen) atoms. The summed E-state index contributed by atoms with van der Waals surface area (Å²) in [6.45, 7) is 3.06. The molecule has 0 aromatic rings. The highest BCUT2D eigenvalue weighted by molar-refractivity contribution is 5.86. The molecule has 1 aliphatic rings. The van der Waals surface area contributed by atoms with Crippen molar-refractivity contribution in [3.8, 4) is 0 Å². The van der Waals surface area contributed by atoms with E-state index in [4.69, 9.17) is 5.73 Å². The topological polar surface area (TPSA) is 84.2 Å². The van der Waals surface area contributed by atoms with Crippen LogP contribution in [0.15, 0.2) is 0 Å². The normalized spacial score (nSPS) is 24.1. The van der Waals surface area contributed by atoms with Crippen LogP contribution in [0.4, 0.5) is 0 Å². The van der Waals surface area contributed by atoms with E-state index in [0.717, 1.165) is 19.3 Å². The zero-order valence-electron chi connectivity index (χ0n) is 9.79. The highest BCUT2D eigenvalue weighted by Crippen LogP contribution is 2.30. The van der Waals surface area contributed by atoms with Crippen molar-refractivity contribution in [3.05, 3.63) is 0 Å². The predicted molar refractivity (Wildman–Crippen MR) is 61.6 cm³/mol. The second kappa shape index (κ2) is 6.48. The van der Waals surface area contributed by atoms with Gasteiger partial charge in [-0.3, -0.25) is 9.59 Å². The van der Waals surface area contributed by atoms with Crippen LogP contribution in [0.25, 0.3) is 0 Å². The van der Waals surface area contributed by atoms with E-state index in [1.807, 2.05) is 6.92 Å². The number of amides is 2. The van der Waals surface area contributed by atoms with E-state index >= 15 is 0 Å². The van der Waals surface area contributed by atoms with Crippen molar-refractivity contribution in [2.45, 2.75) is 26.2 Å². The Kier molecular flexibility index (Phi) is 5.25. The van der Waals surface area contributed by atoms with Crippen molar-refractivity contribution in [1.82, 2.24) is 10.6 Å². The van der Waals surface area contributed by atoms with Gasteiger partial charge in [-0.1, -0.05) is 6.42 Å². The molecule has 0 saturated heterocycles. The lowest BCUT2D eigenvalue weighted by molar-refractivity contribution is -0.129. The maximum absolute atomic E-state index is 11.8. The van der Waals surface area contributed by atoms with E-state index in [2.05, 4.69) is 10.6 Å². The van der Waals surface area contributed by atoms with Crippen molar-refractivity contribution in [2.75, 3.05) is 19.6 Å². The maximum Gasteiger partial charge on any atom is 0.239 e. The van der Waals surface area contributed by atoms with Crippen molar-refractivity contribution < 1.29 is 9.59 Å². The third kappa shape index (κ3) is 3.48. The molecule has 1 aliphatic carbocycles. The van der Waals surface area contributed by atoms with E-state index in [1.165, 1.54) is 0 Å². The summed E-state index contributed by atoms with van der Waals surface area (Å²) in [4.78, 5) is 22.9. The zero-order chi connectivity index (χ0) is 12.0. The first kappa shape index (κ1) is 13.0. The van der Waals surface area contributed by atoms with Gasteiger partial charge in [-0.05, 0) is 32.2 Å². The highest BCUT2D eigenvalue weighted by atomic mass is 16.2. The van der Waals surface area contributed by atoms with Gasteiger partial charge < -0.3 is 16.4 Å². The molecule has 2 atom stereocenters. The molecule has 0 aliphatic heterocycles. The maximum atomic E-state index is 11.8. The minimum atomic E-state index is -0.141. The smallest absolute Gasteiger partial charge is 0.239 e. The van der Waals surface area contributed by atoms with Gasteiger partial charge in [0.15, 0.2) is 0 Å². The number of rotatable bonds is 5. The van der Waals surface area contributed by atoms with Crippen molar-refractivity contribution >= 4 is 11.8 Å². The zero-order valence-corrected chi connectivity index (χ0v) is 9.79. The number of hydrogen-bond acceptors (Lipinski definition) is 3. The van der Waals surface area contributed by atoms with Gasteiger partial charge in [0.2, 0.25) is 11.8 Å². The monoisotopic (exact) mass is 227 g/mol. The number of nitrogens with one attached hydrogen (secondary N) is 2. The number of carbonyl (C=O) groups excluding carboxylic acids is 2. The van der Waals surface area contributed by atoms with Gasteiger partial charge in [-0.25, -0.2) is 0 Å². The molecule has 1 rings (SSSR count). The van der Waals surface area contributed by atoms with Gasteiger partial charge in [0.25, 0.3) is 0 Å². The number of carbonyl (C=O) groups is 2. The minimum absolute atomic E-state index is 0.000531. The van der Waals surface area contributed by atoms with Crippen LogP contribution in [0.3, 0.4) is 0 Å². The molecule has 0 heterocycles. The molecule has 2 unspecified atom stereocenters. The summed E-state index contributed by atoms with van der Waals surface area (Å²) in [5.41, 5.74) is 5.61. The third-order valence-corrected chi connectivity index (χ3v) is 3.10. The Hall–Kier alpha value is -1.10. The van der Waals surface area contributed by atoms with E-state index in [0.29, 0.717) is 13.1 Å². The summed E-state index contributed by atoms with van der Waals surface area (Å²) in [5, 5.41) is 5.31. The summed E-state index contributed by atoms with van der Waals surface area (Å²) in [6.07, 6.45) is 2.97. The van der Waals surface area contributed by atoms with Crippen LogP contribution < -0.4 is 16.4 Å². The number of nitrogens with two attached hydrogens (primary N) is 1. The van der Waals surface area contributed by atoms with Gasteiger partial charge in [0.1, 0.15) is 0 Å². The first-order valence-corrected chi connectivity index (χ1v) is 5.93. The Morgan fingerprint density at radius 1 is 1.31 bits per heavy atom. The first-order valence-electron chi connectivity index (χ1n) is 5.93. The molecule has 0 aromatic heterocycles. The third-order valence-electron chi connectivity index (χ3n) is 3.10. The van der Waals surface area contributed by atoms with Crippen molar-refractivity contribution in [2.24, 2.45) is 17.6 Å². The second-order valence-electron chi connectivity index (χ2n) is 4.20. The van der Waals surface area contributed by atoms with Gasteiger partial charge >= 0.3 is 0 Å². The second-order valence-corrected chi connectivity index (χ2v) is 4.20. The molecule has 92 valence electrons. The summed E-state index contributed by atoms with van der Waals surface area (Å²) in [5.74, 6) is 0.117. The SMILES string of the molecule is CCNC(=O)CNC(=O)C1CCCC1CN. The summed E-state index contributed by atoms with van der Waals surface area (Å²) < 4.78 is 0. The van der Waals surface area contributed by atoms with Gasteiger partial charge in [-0.2, -0.15) is 0 Å². The average Bonchev–Trinajstić information content (AvgIpc) is 2.74. The average molecular weight is 227 g/mol. The first-order chi connectivity index (χ1) is 7.69. The van der Waals surface area contributed by atoms with E-state index in [1.54, 1.807) is 0 Å². The lowest BCUT2D eigenvalue weighted by atomic mass is 9.95. The molecule has 0 spiro atoms. The van der Waals surface area contributed by atoms with Gasteiger partial charge in [0, 0.05) is 12.5 Å². The number of likely N-dealkylation sites (N-methyl/N-ethyl adjacent to an activating group) is 1. The molecule has 2 amide bonds. The molecule has 0 bridgehead atoms. The fourth-order valence-electron chi connectivity index (χ4n) is 2.22. The highest BCUT2D eigenvalue weighted by Gasteiger charge is 2.31. The van der Waals surface area contributed by atoms with Gasteiger partial charge in [-0.15, -0.1) is 0 Å². The summed E-state index contributed by atoms with van der Waals surface area (Å²) in [6, 6.07) is 0. The molecule has 1 saturated carbocycles. The molecular weight excluding hydrogens is 206 g/mol. The van der Waals surface area contributed by atoms with Crippen LogP contribution in [-0.4, -0.2) is 31.4 Å². The predicted octanol–water partition coefficient (Wildman–Crippen LogP) is -0.386. The molecule has 4 N–H and O–H groups in total. The Labute approximate surface area is 96.1 Å². The summed E-state index contributed by atoms with van der Waals surface area (Å²) in [7, 11) is 0. The summed E-state index contributed by atoms with van der Waals surface area (Å²) >= 11 is 0. The van der Waals surface area contributed by atoms with Gasteiger partial charge in [0.05, 0.1) is 6.54 Å². The van der Waals surface area contributed by atoms with Crippen LogP contribution in [0.1, 0.15) is 26.2 Å².